The van der Waals surface area contributed by atoms with E-state index in [-0.39, 0.29) is 5.91 Å². The second-order valence-corrected chi connectivity index (χ2v) is 6.90. The van der Waals surface area contributed by atoms with Crippen molar-refractivity contribution in [3.8, 4) is 0 Å². The molecule has 2 aromatic rings. The first-order valence-corrected chi connectivity index (χ1v) is 8.28. The summed E-state index contributed by atoms with van der Waals surface area (Å²) in [4.78, 5) is 18.4. The average molecular weight is 292 g/mol. The van der Waals surface area contributed by atoms with E-state index in [0.29, 0.717) is 5.13 Å². The van der Waals surface area contributed by atoms with E-state index in [2.05, 4.69) is 23.3 Å². The molecule has 0 bridgehead atoms. The summed E-state index contributed by atoms with van der Waals surface area (Å²) in [5, 5.41) is 5.38. The van der Waals surface area contributed by atoms with Crippen molar-refractivity contribution in [2.75, 3.05) is 5.32 Å². The van der Waals surface area contributed by atoms with Gasteiger partial charge in [0.2, 0.25) is 0 Å². The van der Waals surface area contributed by atoms with Gasteiger partial charge in [-0.1, -0.05) is 13.3 Å². The Labute approximate surface area is 120 Å². The number of hydrogen-bond acceptors (Lipinski definition) is 4. The minimum Gasteiger partial charge on any atom is -0.297 e. The minimum absolute atomic E-state index is 0.0256. The molecule has 1 amide bonds. The van der Waals surface area contributed by atoms with E-state index in [9.17, 15) is 4.79 Å². The van der Waals surface area contributed by atoms with Crippen LogP contribution in [0.15, 0.2) is 17.6 Å². The van der Waals surface area contributed by atoms with Gasteiger partial charge in [0.1, 0.15) is 0 Å². The van der Waals surface area contributed by atoms with Crippen LogP contribution in [0.3, 0.4) is 0 Å². The van der Waals surface area contributed by atoms with E-state index in [1.54, 1.807) is 17.5 Å². The third-order valence-corrected chi connectivity index (χ3v) is 5.56. The predicted molar refractivity (Wildman–Crippen MR) is 80.2 cm³/mol. The van der Waals surface area contributed by atoms with Crippen molar-refractivity contribution < 1.29 is 4.79 Å². The lowest BCUT2D eigenvalue weighted by molar-refractivity contribution is 0.103. The van der Waals surface area contributed by atoms with Crippen molar-refractivity contribution in [3.63, 3.8) is 0 Å². The van der Waals surface area contributed by atoms with Gasteiger partial charge < -0.3 is 0 Å². The Hall–Kier alpha value is -1.20. The van der Waals surface area contributed by atoms with Crippen LogP contribution in [-0.2, 0) is 12.8 Å². The Balaban J connectivity index is 1.76. The highest BCUT2D eigenvalue weighted by molar-refractivity contribution is 7.15. The number of carbonyl (C=O) groups is 1. The quantitative estimate of drug-likeness (QED) is 0.930. The third kappa shape index (κ3) is 2.72. The molecule has 0 aliphatic heterocycles. The van der Waals surface area contributed by atoms with Crippen molar-refractivity contribution in [1.29, 1.82) is 0 Å². The maximum atomic E-state index is 12.1. The molecule has 1 aliphatic carbocycles. The number of nitrogens with one attached hydrogen (secondary N) is 1. The molecule has 1 unspecified atom stereocenters. The van der Waals surface area contributed by atoms with Gasteiger partial charge in [0, 0.05) is 16.5 Å². The molecule has 0 aromatic carbocycles. The Kier molecular flexibility index (Phi) is 3.66. The van der Waals surface area contributed by atoms with Crippen LogP contribution in [0, 0.1) is 5.92 Å². The normalized spacial score (nSPS) is 18.1. The number of thiazole rings is 1. The largest absolute Gasteiger partial charge is 0.297 e. The zero-order valence-corrected chi connectivity index (χ0v) is 12.4. The molecule has 0 radical (unpaired) electrons. The van der Waals surface area contributed by atoms with Crippen LogP contribution in [0.1, 0.15) is 39.9 Å². The van der Waals surface area contributed by atoms with Gasteiger partial charge >= 0.3 is 0 Å². The number of amides is 1. The number of aromatic nitrogens is 1. The standard InChI is InChI=1S/C14H16N2OS2/c1-2-9-3-4-11-10(7-9)8-12(19-11)13(17)16-14-15-5-6-18-14/h5-6,8-9H,2-4,7H2,1H3,(H,15,16,17). The zero-order chi connectivity index (χ0) is 13.2. The summed E-state index contributed by atoms with van der Waals surface area (Å²) in [6.45, 7) is 2.25. The molecule has 3 rings (SSSR count). The van der Waals surface area contributed by atoms with E-state index in [4.69, 9.17) is 0 Å². The number of thiophene rings is 1. The summed E-state index contributed by atoms with van der Waals surface area (Å²) in [6, 6.07) is 2.07. The number of fused-ring (bicyclic) bond motifs is 1. The second-order valence-electron chi connectivity index (χ2n) is 4.87. The van der Waals surface area contributed by atoms with Crippen LogP contribution < -0.4 is 5.32 Å². The molecule has 5 heteroatoms. The highest BCUT2D eigenvalue weighted by Gasteiger charge is 2.22. The van der Waals surface area contributed by atoms with E-state index >= 15 is 0 Å². The van der Waals surface area contributed by atoms with Gasteiger partial charge in [0.15, 0.2) is 5.13 Å². The molecule has 0 fully saturated rings. The minimum atomic E-state index is -0.0256. The lowest BCUT2D eigenvalue weighted by Gasteiger charge is -2.19. The van der Waals surface area contributed by atoms with E-state index in [0.717, 1.165) is 23.6 Å². The molecule has 2 aromatic heterocycles. The highest BCUT2D eigenvalue weighted by Crippen LogP contribution is 2.33. The molecule has 0 saturated heterocycles. The molecule has 1 N–H and O–H groups in total. The van der Waals surface area contributed by atoms with Gasteiger partial charge in [-0.05, 0) is 36.8 Å². The smallest absolute Gasteiger partial charge is 0.267 e. The summed E-state index contributed by atoms with van der Waals surface area (Å²) in [7, 11) is 0. The molecule has 100 valence electrons. The fourth-order valence-electron chi connectivity index (χ4n) is 2.50. The van der Waals surface area contributed by atoms with Crippen molar-refractivity contribution in [1.82, 2.24) is 4.98 Å². The molecule has 3 nitrogen and oxygen atoms in total. The van der Waals surface area contributed by atoms with Gasteiger partial charge in [-0.2, -0.15) is 0 Å². The number of hydrogen-bond donors (Lipinski definition) is 1. The van der Waals surface area contributed by atoms with Gasteiger partial charge in [0.25, 0.3) is 5.91 Å². The number of nitrogens with zero attached hydrogens (tertiary/aromatic N) is 1. The van der Waals surface area contributed by atoms with Crippen LogP contribution in [0.5, 0.6) is 0 Å². The topological polar surface area (TPSA) is 42.0 Å². The van der Waals surface area contributed by atoms with E-state index in [1.165, 1.54) is 34.6 Å². The number of aryl methyl sites for hydroxylation is 1. The summed E-state index contributed by atoms with van der Waals surface area (Å²) >= 11 is 3.09. The van der Waals surface area contributed by atoms with Gasteiger partial charge in [-0.15, -0.1) is 22.7 Å². The lowest BCUT2D eigenvalue weighted by Crippen LogP contribution is -2.11. The number of rotatable bonds is 3. The summed E-state index contributed by atoms with van der Waals surface area (Å²) in [6.07, 6.45) is 6.45. The first-order chi connectivity index (χ1) is 9.26. The molecular formula is C14H16N2OS2. The summed E-state index contributed by atoms with van der Waals surface area (Å²) in [5.74, 6) is 0.763. The number of anilines is 1. The third-order valence-electron chi connectivity index (χ3n) is 3.64. The summed E-state index contributed by atoms with van der Waals surface area (Å²) < 4.78 is 0. The molecule has 0 spiro atoms. The first kappa shape index (κ1) is 12.8. The van der Waals surface area contributed by atoms with Crippen molar-refractivity contribution in [3.05, 3.63) is 33.0 Å². The molecular weight excluding hydrogens is 276 g/mol. The molecule has 19 heavy (non-hydrogen) atoms. The Morgan fingerprint density at radius 1 is 1.58 bits per heavy atom. The maximum absolute atomic E-state index is 12.1. The Bertz CT molecular complexity index is 574. The fraction of sp³-hybridized carbons (Fsp3) is 0.429. The molecule has 2 heterocycles. The fourth-order valence-corrected chi connectivity index (χ4v) is 4.13. The summed E-state index contributed by atoms with van der Waals surface area (Å²) in [5.41, 5.74) is 1.38. The van der Waals surface area contributed by atoms with Crippen LogP contribution in [0.25, 0.3) is 0 Å². The average Bonchev–Trinajstić information content (AvgIpc) is 3.05. The Morgan fingerprint density at radius 2 is 2.47 bits per heavy atom. The maximum Gasteiger partial charge on any atom is 0.267 e. The molecule has 1 atom stereocenters. The monoisotopic (exact) mass is 292 g/mol. The first-order valence-electron chi connectivity index (χ1n) is 6.58. The van der Waals surface area contributed by atoms with Crippen molar-refractivity contribution in [2.45, 2.75) is 32.6 Å². The van der Waals surface area contributed by atoms with Gasteiger partial charge in [-0.25, -0.2) is 4.98 Å². The van der Waals surface area contributed by atoms with Crippen molar-refractivity contribution >= 4 is 33.7 Å². The highest BCUT2D eigenvalue weighted by atomic mass is 32.1. The SMILES string of the molecule is CCC1CCc2sc(C(=O)Nc3nccs3)cc2C1. The zero-order valence-electron chi connectivity index (χ0n) is 10.8. The van der Waals surface area contributed by atoms with Crippen LogP contribution in [-0.4, -0.2) is 10.9 Å². The van der Waals surface area contributed by atoms with E-state index < -0.39 is 0 Å². The van der Waals surface area contributed by atoms with Gasteiger partial charge in [-0.3, -0.25) is 10.1 Å². The lowest BCUT2D eigenvalue weighted by atomic mass is 9.87. The van der Waals surface area contributed by atoms with Crippen LogP contribution in [0.2, 0.25) is 0 Å². The Morgan fingerprint density at radius 3 is 3.21 bits per heavy atom. The van der Waals surface area contributed by atoms with Crippen LogP contribution >= 0.6 is 22.7 Å². The molecule has 1 aliphatic rings. The van der Waals surface area contributed by atoms with Gasteiger partial charge in [0.05, 0.1) is 4.88 Å². The second kappa shape index (κ2) is 5.43. The predicted octanol–water partition coefficient (Wildman–Crippen LogP) is 3.97. The molecule has 0 saturated carbocycles. The van der Waals surface area contributed by atoms with E-state index in [1.807, 2.05) is 5.38 Å². The number of carbonyl (C=O) groups excluding carboxylic acids is 1. The van der Waals surface area contributed by atoms with Crippen LogP contribution in [0.4, 0.5) is 5.13 Å². The van der Waals surface area contributed by atoms with Crippen molar-refractivity contribution in [2.24, 2.45) is 5.92 Å².